The number of rotatable bonds is 2. The first-order chi connectivity index (χ1) is 9.63. The fourth-order valence-corrected chi connectivity index (χ4v) is 3.29. The number of halogens is 1. The number of aryl methyl sites for hydroxylation is 1. The molecule has 0 atom stereocenters. The molecule has 0 spiro atoms. The van der Waals surface area contributed by atoms with Crippen molar-refractivity contribution in [1.29, 1.82) is 0 Å². The van der Waals surface area contributed by atoms with Gasteiger partial charge in [0.15, 0.2) is 0 Å². The van der Waals surface area contributed by atoms with E-state index in [-0.39, 0.29) is 5.91 Å². The largest absolute Gasteiger partial charge is 0.322 e. The van der Waals surface area contributed by atoms with Crippen LogP contribution < -0.4 is 5.32 Å². The van der Waals surface area contributed by atoms with Crippen LogP contribution >= 0.6 is 27.3 Å². The molecule has 0 saturated heterocycles. The number of fused-ring (bicyclic) bond motifs is 1. The van der Waals surface area contributed by atoms with Crippen LogP contribution in [0.2, 0.25) is 0 Å². The lowest BCUT2D eigenvalue weighted by Crippen LogP contribution is -2.12. The maximum absolute atomic E-state index is 12.2. The molecule has 0 aliphatic carbocycles. The van der Waals surface area contributed by atoms with Crippen molar-refractivity contribution in [3.8, 4) is 0 Å². The van der Waals surface area contributed by atoms with Gasteiger partial charge in [0.25, 0.3) is 5.91 Å². The second-order valence-electron chi connectivity index (χ2n) is 4.35. The third-order valence-electron chi connectivity index (χ3n) is 2.87. The van der Waals surface area contributed by atoms with Crippen molar-refractivity contribution >= 4 is 49.1 Å². The molecule has 1 heterocycles. The Labute approximate surface area is 128 Å². The van der Waals surface area contributed by atoms with Gasteiger partial charge in [-0.15, -0.1) is 11.3 Å². The Morgan fingerprint density at radius 1 is 1.25 bits per heavy atom. The van der Waals surface area contributed by atoms with Crippen molar-refractivity contribution in [3.63, 3.8) is 0 Å². The molecule has 0 aliphatic heterocycles. The molecule has 5 heteroatoms. The van der Waals surface area contributed by atoms with Crippen molar-refractivity contribution in [3.05, 3.63) is 57.5 Å². The van der Waals surface area contributed by atoms with Crippen LogP contribution in [0.1, 0.15) is 15.4 Å². The lowest BCUT2D eigenvalue weighted by Gasteiger charge is -2.06. The Morgan fingerprint density at radius 2 is 2.05 bits per heavy atom. The van der Waals surface area contributed by atoms with E-state index in [0.29, 0.717) is 5.56 Å². The van der Waals surface area contributed by atoms with E-state index in [4.69, 9.17) is 0 Å². The minimum absolute atomic E-state index is 0.127. The first-order valence-corrected chi connectivity index (χ1v) is 7.67. The fourth-order valence-electron chi connectivity index (χ4n) is 1.96. The molecule has 0 radical (unpaired) electrons. The van der Waals surface area contributed by atoms with Crippen LogP contribution in [0.3, 0.4) is 0 Å². The second-order valence-corrected chi connectivity index (χ2v) is 6.44. The molecule has 1 N–H and O–H groups in total. The zero-order chi connectivity index (χ0) is 14.1. The number of benzene rings is 2. The maximum Gasteiger partial charge on any atom is 0.256 e. The van der Waals surface area contributed by atoms with Gasteiger partial charge < -0.3 is 5.32 Å². The van der Waals surface area contributed by atoms with Gasteiger partial charge in [-0.3, -0.25) is 4.79 Å². The number of nitrogens with one attached hydrogen (secondary N) is 1. The third kappa shape index (κ3) is 2.59. The number of aromatic nitrogens is 1. The van der Waals surface area contributed by atoms with E-state index in [9.17, 15) is 4.79 Å². The minimum atomic E-state index is -0.127. The summed E-state index contributed by atoms with van der Waals surface area (Å²) in [6, 6.07) is 13.1. The zero-order valence-electron chi connectivity index (χ0n) is 10.7. The predicted molar refractivity (Wildman–Crippen MR) is 86.5 cm³/mol. The molecule has 3 aromatic rings. The Kier molecular flexibility index (Phi) is 3.54. The van der Waals surface area contributed by atoms with E-state index in [2.05, 4.69) is 26.2 Å². The molecule has 100 valence electrons. The SMILES string of the molecule is Cc1nc2ccc(NC(=O)c3ccccc3Br)cc2s1. The Balaban J connectivity index is 1.89. The van der Waals surface area contributed by atoms with Gasteiger partial charge in [-0.2, -0.15) is 0 Å². The van der Waals surface area contributed by atoms with Crippen LogP contribution in [0.5, 0.6) is 0 Å². The van der Waals surface area contributed by atoms with Crippen LogP contribution in [0, 0.1) is 6.92 Å². The topological polar surface area (TPSA) is 42.0 Å². The van der Waals surface area contributed by atoms with Crippen molar-refractivity contribution in [2.24, 2.45) is 0 Å². The number of nitrogens with zero attached hydrogens (tertiary/aromatic N) is 1. The molecule has 0 bridgehead atoms. The van der Waals surface area contributed by atoms with Crippen molar-refractivity contribution in [2.75, 3.05) is 5.32 Å². The average Bonchev–Trinajstić information content (AvgIpc) is 2.78. The van der Waals surface area contributed by atoms with Gasteiger partial charge in [0.2, 0.25) is 0 Å². The van der Waals surface area contributed by atoms with E-state index in [1.807, 2.05) is 43.3 Å². The molecule has 1 aromatic heterocycles. The second kappa shape index (κ2) is 5.34. The number of carbonyl (C=O) groups excluding carboxylic acids is 1. The van der Waals surface area contributed by atoms with E-state index < -0.39 is 0 Å². The van der Waals surface area contributed by atoms with Gasteiger partial charge in [0.1, 0.15) is 0 Å². The van der Waals surface area contributed by atoms with E-state index in [1.165, 1.54) is 0 Å². The third-order valence-corrected chi connectivity index (χ3v) is 4.50. The maximum atomic E-state index is 12.2. The van der Waals surface area contributed by atoms with E-state index in [0.717, 1.165) is 25.4 Å². The van der Waals surface area contributed by atoms with Crippen LogP contribution in [0.25, 0.3) is 10.2 Å². The summed E-state index contributed by atoms with van der Waals surface area (Å²) in [6.07, 6.45) is 0. The Bertz CT molecular complexity index is 797. The summed E-state index contributed by atoms with van der Waals surface area (Å²) in [5, 5.41) is 3.93. The molecule has 0 saturated carbocycles. The lowest BCUT2D eigenvalue weighted by atomic mass is 10.2. The molecule has 20 heavy (non-hydrogen) atoms. The van der Waals surface area contributed by atoms with Gasteiger partial charge in [0.05, 0.1) is 20.8 Å². The standard InChI is InChI=1S/C15H11BrN2OS/c1-9-17-13-7-6-10(8-14(13)20-9)18-15(19)11-4-2-3-5-12(11)16/h2-8H,1H3,(H,18,19). The molecule has 1 amide bonds. The molecule has 2 aromatic carbocycles. The van der Waals surface area contributed by atoms with Gasteiger partial charge in [0, 0.05) is 10.2 Å². The van der Waals surface area contributed by atoms with Crippen molar-refractivity contribution in [2.45, 2.75) is 6.92 Å². The first-order valence-electron chi connectivity index (χ1n) is 6.06. The van der Waals surface area contributed by atoms with Crippen molar-refractivity contribution in [1.82, 2.24) is 4.98 Å². The molecular weight excluding hydrogens is 336 g/mol. The lowest BCUT2D eigenvalue weighted by molar-refractivity contribution is 0.102. The highest BCUT2D eigenvalue weighted by Crippen LogP contribution is 2.25. The number of carbonyl (C=O) groups is 1. The Hall–Kier alpha value is -1.72. The van der Waals surface area contributed by atoms with Gasteiger partial charge in [-0.05, 0) is 53.2 Å². The first kappa shape index (κ1) is 13.3. The molecule has 0 aliphatic rings. The normalized spacial score (nSPS) is 10.7. The predicted octanol–water partition coefficient (Wildman–Crippen LogP) is 4.62. The molecule has 0 unspecified atom stereocenters. The fraction of sp³-hybridized carbons (Fsp3) is 0.0667. The molecule has 0 fully saturated rings. The van der Waals surface area contributed by atoms with Crippen molar-refractivity contribution < 1.29 is 4.79 Å². The monoisotopic (exact) mass is 346 g/mol. The van der Waals surface area contributed by atoms with Gasteiger partial charge in [-0.1, -0.05) is 12.1 Å². The quantitative estimate of drug-likeness (QED) is 0.735. The van der Waals surface area contributed by atoms with E-state index in [1.54, 1.807) is 17.4 Å². The van der Waals surface area contributed by atoms with Crippen LogP contribution in [0.15, 0.2) is 46.9 Å². The Morgan fingerprint density at radius 3 is 2.85 bits per heavy atom. The number of hydrogen-bond acceptors (Lipinski definition) is 3. The summed E-state index contributed by atoms with van der Waals surface area (Å²) < 4.78 is 1.86. The minimum Gasteiger partial charge on any atom is -0.322 e. The highest BCUT2D eigenvalue weighted by molar-refractivity contribution is 9.10. The number of thiazole rings is 1. The van der Waals surface area contributed by atoms with Gasteiger partial charge >= 0.3 is 0 Å². The average molecular weight is 347 g/mol. The molecule has 3 nitrogen and oxygen atoms in total. The number of anilines is 1. The summed E-state index contributed by atoms with van der Waals surface area (Å²) in [5.41, 5.74) is 2.36. The summed E-state index contributed by atoms with van der Waals surface area (Å²) in [7, 11) is 0. The smallest absolute Gasteiger partial charge is 0.256 e. The summed E-state index contributed by atoms with van der Waals surface area (Å²) in [4.78, 5) is 16.6. The van der Waals surface area contributed by atoms with Crippen LogP contribution in [-0.4, -0.2) is 10.9 Å². The highest BCUT2D eigenvalue weighted by atomic mass is 79.9. The number of hydrogen-bond donors (Lipinski definition) is 1. The van der Waals surface area contributed by atoms with Gasteiger partial charge in [-0.25, -0.2) is 4.98 Å². The van der Waals surface area contributed by atoms with Crippen LogP contribution in [-0.2, 0) is 0 Å². The van der Waals surface area contributed by atoms with E-state index >= 15 is 0 Å². The highest BCUT2D eigenvalue weighted by Gasteiger charge is 2.10. The zero-order valence-corrected chi connectivity index (χ0v) is 13.1. The van der Waals surface area contributed by atoms with Crippen LogP contribution in [0.4, 0.5) is 5.69 Å². The summed E-state index contributed by atoms with van der Waals surface area (Å²) >= 11 is 5.01. The number of amides is 1. The summed E-state index contributed by atoms with van der Waals surface area (Å²) in [5.74, 6) is -0.127. The molecular formula is C15H11BrN2OS. The molecule has 3 rings (SSSR count). The summed E-state index contributed by atoms with van der Waals surface area (Å²) in [6.45, 7) is 1.98.